The predicted molar refractivity (Wildman–Crippen MR) is 90.1 cm³/mol. The number of pyridine rings is 1. The molecule has 4 nitrogen and oxygen atoms in total. The minimum atomic E-state index is 0.740. The Morgan fingerprint density at radius 3 is 3.05 bits per heavy atom. The SMILES string of the molecule is COCCNCc1c2c(nc3ccc(C)cc13)CCN(C)C2. The molecule has 1 aliphatic heterocycles. The van der Waals surface area contributed by atoms with Gasteiger partial charge < -0.3 is 15.0 Å². The third-order valence-corrected chi connectivity index (χ3v) is 4.39. The normalized spacial score (nSPS) is 15.2. The van der Waals surface area contributed by atoms with E-state index in [1.165, 1.54) is 27.8 Å². The van der Waals surface area contributed by atoms with Crippen molar-refractivity contribution in [2.75, 3.05) is 33.9 Å². The number of likely N-dealkylation sites (N-methyl/N-ethyl adjacent to an activating group) is 1. The van der Waals surface area contributed by atoms with Crippen molar-refractivity contribution >= 4 is 10.9 Å². The maximum atomic E-state index is 5.13. The van der Waals surface area contributed by atoms with Gasteiger partial charge in [-0.05, 0) is 37.2 Å². The van der Waals surface area contributed by atoms with Crippen molar-refractivity contribution in [3.8, 4) is 0 Å². The van der Waals surface area contributed by atoms with E-state index in [9.17, 15) is 0 Å². The predicted octanol–water partition coefficient (Wildman–Crippen LogP) is 2.27. The average molecular weight is 299 g/mol. The largest absolute Gasteiger partial charge is 0.383 e. The molecule has 0 aliphatic carbocycles. The molecule has 0 bridgehead atoms. The van der Waals surface area contributed by atoms with Gasteiger partial charge in [0.2, 0.25) is 0 Å². The van der Waals surface area contributed by atoms with Crippen molar-refractivity contribution in [3.05, 3.63) is 40.6 Å². The van der Waals surface area contributed by atoms with Gasteiger partial charge in [-0.2, -0.15) is 0 Å². The van der Waals surface area contributed by atoms with E-state index < -0.39 is 0 Å². The van der Waals surface area contributed by atoms with Crippen LogP contribution < -0.4 is 5.32 Å². The van der Waals surface area contributed by atoms with E-state index in [-0.39, 0.29) is 0 Å². The van der Waals surface area contributed by atoms with Gasteiger partial charge in [-0.3, -0.25) is 4.98 Å². The van der Waals surface area contributed by atoms with Crippen LogP contribution in [-0.4, -0.2) is 43.7 Å². The van der Waals surface area contributed by atoms with E-state index in [0.717, 1.165) is 44.7 Å². The molecule has 0 spiro atoms. The van der Waals surface area contributed by atoms with Crippen LogP contribution in [0.3, 0.4) is 0 Å². The van der Waals surface area contributed by atoms with Gasteiger partial charge in [0.25, 0.3) is 0 Å². The monoisotopic (exact) mass is 299 g/mol. The summed E-state index contributed by atoms with van der Waals surface area (Å²) in [7, 11) is 3.93. The smallest absolute Gasteiger partial charge is 0.0708 e. The first-order chi connectivity index (χ1) is 10.7. The van der Waals surface area contributed by atoms with Crippen molar-refractivity contribution in [3.63, 3.8) is 0 Å². The first kappa shape index (κ1) is 15.4. The highest BCUT2D eigenvalue weighted by atomic mass is 16.5. The Hall–Kier alpha value is -1.49. The third kappa shape index (κ3) is 3.14. The maximum absolute atomic E-state index is 5.13. The van der Waals surface area contributed by atoms with Gasteiger partial charge in [0.05, 0.1) is 12.1 Å². The summed E-state index contributed by atoms with van der Waals surface area (Å²) in [4.78, 5) is 7.30. The lowest BCUT2D eigenvalue weighted by Gasteiger charge is -2.27. The van der Waals surface area contributed by atoms with Crippen LogP contribution >= 0.6 is 0 Å². The molecule has 2 aromatic rings. The molecular weight excluding hydrogens is 274 g/mol. The van der Waals surface area contributed by atoms with Crippen molar-refractivity contribution in [2.24, 2.45) is 0 Å². The summed E-state index contributed by atoms with van der Waals surface area (Å²) in [5.74, 6) is 0. The fourth-order valence-corrected chi connectivity index (χ4v) is 3.17. The second kappa shape index (κ2) is 6.73. The topological polar surface area (TPSA) is 37.4 Å². The van der Waals surface area contributed by atoms with Crippen LogP contribution in [0, 0.1) is 6.92 Å². The Morgan fingerprint density at radius 1 is 1.36 bits per heavy atom. The van der Waals surface area contributed by atoms with Gasteiger partial charge in [0.15, 0.2) is 0 Å². The molecular formula is C18H25N3O. The number of nitrogens with zero attached hydrogens (tertiary/aromatic N) is 2. The molecule has 0 radical (unpaired) electrons. The highest BCUT2D eigenvalue weighted by Crippen LogP contribution is 2.28. The molecule has 22 heavy (non-hydrogen) atoms. The third-order valence-electron chi connectivity index (χ3n) is 4.39. The van der Waals surface area contributed by atoms with E-state index in [1.54, 1.807) is 7.11 Å². The summed E-state index contributed by atoms with van der Waals surface area (Å²) in [6.07, 6.45) is 1.04. The zero-order chi connectivity index (χ0) is 15.5. The van der Waals surface area contributed by atoms with Crippen LogP contribution in [0.4, 0.5) is 0 Å². The highest BCUT2D eigenvalue weighted by molar-refractivity contribution is 5.84. The maximum Gasteiger partial charge on any atom is 0.0708 e. The molecule has 0 atom stereocenters. The number of rotatable bonds is 5. The van der Waals surface area contributed by atoms with Crippen molar-refractivity contribution < 1.29 is 4.74 Å². The van der Waals surface area contributed by atoms with Gasteiger partial charge in [0.1, 0.15) is 0 Å². The Bertz CT molecular complexity index is 669. The fraction of sp³-hybridized carbons (Fsp3) is 0.500. The number of nitrogens with one attached hydrogen (secondary N) is 1. The molecule has 1 aliphatic rings. The van der Waals surface area contributed by atoms with E-state index in [4.69, 9.17) is 9.72 Å². The van der Waals surface area contributed by atoms with Crippen molar-refractivity contribution in [1.82, 2.24) is 15.2 Å². The van der Waals surface area contributed by atoms with Gasteiger partial charge in [-0.1, -0.05) is 11.6 Å². The van der Waals surface area contributed by atoms with Crippen LogP contribution in [0.25, 0.3) is 10.9 Å². The lowest BCUT2D eigenvalue weighted by atomic mass is 9.95. The Kier molecular flexibility index (Phi) is 4.71. The zero-order valence-electron chi connectivity index (χ0n) is 13.8. The lowest BCUT2D eigenvalue weighted by molar-refractivity contribution is 0.199. The van der Waals surface area contributed by atoms with Crippen LogP contribution in [0.15, 0.2) is 18.2 Å². The summed E-state index contributed by atoms with van der Waals surface area (Å²) >= 11 is 0. The summed E-state index contributed by atoms with van der Waals surface area (Å²) < 4.78 is 5.13. The van der Waals surface area contributed by atoms with E-state index in [0.29, 0.717) is 0 Å². The fourth-order valence-electron chi connectivity index (χ4n) is 3.17. The standard InChI is InChI=1S/C18H25N3O/c1-13-4-5-17-14(10-13)15(11-19-7-9-22-3)16-12-21(2)8-6-18(16)20-17/h4-5,10,19H,6-9,11-12H2,1-3H3. The van der Waals surface area contributed by atoms with Gasteiger partial charge >= 0.3 is 0 Å². The van der Waals surface area contributed by atoms with Crippen LogP contribution in [0.5, 0.6) is 0 Å². The zero-order valence-corrected chi connectivity index (χ0v) is 13.8. The number of benzene rings is 1. The molecule has 0 fully saturated rings. The lowest BCUT2D eigenvalue weighted by Crippen LogP contribution is -2.30. The molecule has 0 saturated heterocycles. The van der Waals surface area contributed by atoms with E-state index >= 15 is 0 Å². The van der Waals surface area contributed by atoms with Crippen LogP contribution in [0.2, 0.25) is 0 Å². The number of hydrogen-bond acceptors (Lipinski definition) is 4. The first-order valence-electron chi connectivity index (χ1n) is 7.98. The molecule has 1 aromatic carbocycles. The number of aryl methyl sites for hydroxylation is 1. The van der Waals surface area contributed by atoms with Crippen molar-refractivity contribution in [2.45, 2.75) is 26.4 Å². The van der Waals surface area contributed by atoms with E-state index in [1.807, 2.05) is 0 Å². The quantitative estimate of drug-likeness (QED) is 0.860. The van der Waals surface area contributed by atoms with E-state index in [2.05, 4.69) is 42.4 Å². The number of ether oxygens (including phenoxy) is 1. The molecule has 1 N–H and O–H groups in total. The van der Waals surface area contributed by atoms with Gasteiger partial charge in [0, 0.05) is 50.8 Å². The minimum absolute atomic E-state index is 0.740. The Labute approximate surface area is 132 Å². The van der Waals surface area contributed by atoms with Crippen LogP contribution in [-0.2, 0) is 24.2 Å². The second-order valence-electron chi connectivity index (χ2n) is 6.19. The van der Waals surface area contributed by atoms with Gasteiger partial charge in [-0.25, -0.2) is 0 Å². The number of aromatic nitrogens is 1. The van der Waals surface area contributed by atoms with Gasteiger partial charge in [-0.15, -0.1) is 0 Å². The molecule has 0 saturated carbocycles. The average Bonchev–Trinajstić information content (AvgIpc) is 2.51. The van der Waals surface area contributed by atoms with Crippen LogP contribution in [0.1, 0.15) is 22.4 Å². The number of fused-ring (bicyclic) bond motifs is 2. The molecule has 2 heterocycles. The highest BCUT2D eigenvalue weighted by Gasteiger charge is 2.20. The Balaban J connectivity index is 2.03. The molecule has 0 amide bonds. The molecule has 3 rings (SSSR count). The minimum Gasteiger partial charge on any atom is -0.383 e. The molecule has 0 unspecified atom stereocenters. The molecule has 118 valence electrons. The first-order valence-corrected chi connectivity index (χ1v) is 7.98. The second-order valence-corrected chi connectivity index (χ2v) is 6.19. The van der Waals surface area contributed by atoms with Crippen molar-refractivity contribution in [1.29, 1.82) is 0 Å². The summed E-state index contributed by atoms with van der Waals surface area (Å²) in [6, 6.07) is 6.57. The number of methoxy groups -OCH3 is 1. The Morgan fingerprint density at radius 2 is 2.23 bits per heavy atom. The molecule has 1 aromatic heterocycles. The summed E-state index contributed by atoms with van der Waals surface area (Å²) in [6.45, 7) is 6.72. The summed E-state index contributed by atoms with van der Waals surface area (Å²) in [5.41, 5.74) is 6.51. The number of hydrogen-bond donors (Lipinski definition) is 1. The summed E-state index contributed by atoms with van der Waals surface area (Å²) in [5, 5.41) is 4.80. The molecule has 4 heteroatoms.